The van der Waals surface area contributed by atoms with E-state index in [9.17, 15) is 9.18 Å². The Morgan fingerprint density at radius 3 is 3.17 bits per heavy atom. The molecule has 0 radical (unpaired) electrons. The molecular weight excluding hydrogens is 161 g/mol. The molecule has 1 aliphatic rings. The zero-order chi connectivity index (χ0) is 8.72. The van der Waals surface area contributed by atoms with Crippen molar-refractivity contribution in [3.63, 3.8) is 0 Å². The van der Waals surface area contributed by atoms with Gasteiger partial charge in [-0.2, -0.15) is 0 Å². The van der Waals surface area contributed by atoms with Crippen LogP contribution >= 0.6 is 0 Å². The smallest absolute Gasteiger partial charge is 0.182 e. The molecule has 12 heavy (non-hydrogen) atoms. The molecule has 2 rings (SSSR count). The van der Waals surface area contributed by atoms with Crippen molar-refractivity contribution in [3.05, 3.63) is 17.0 Å². The van der Waals surface area contributed by atoms with Crippen LogP contribution in [0.2, 0.25) is 0 Å². The van der Waals surface area contributed by atoms with Gasteiger partial charge in [0.05, 0.1) is 5.56 Å². The summed E-state index contributed by atoms with van der Waals surface area (Å²) < 4.78 is 17.9. The second kappa shape index (κ2) is 2.40. The fraction of sp³-hybridized carbons (Fsp3) is 0.500. The van der Waals surface area contributed by atoms with Gasteiger partial charge in [0, 0.05) is 13.3 Å². The average Bonchev–Trinajstić information content (AvgIpc) is 2.53. The fourth-order valence-electron chi connectivity index (χ4n) is 1.49. The zero-order valence-corrected chi connectivity index (χ0v) is 6.63. The average molecular weight is 169 g/mol. The van der Waals surface area contributed by atoms with Gasteiger partial charge in [0.15, 0.2) is 11.5 Å². The van der Waals surface area contributed by atoms with E-state index in [2.05, 4.69) is 5.16 Å². The lowest BCUT2D eigenvalue weighted by Crippen LogP contribution is -1.98. The molecule has 1 aliphatic carbocycles. The lowest BCUT2D eigenvalue weighted by molar-refractivity contribution is 0.100. The first-order valence-corrected chi connectivity index (χ1v) is 3.83. The summed E-state index contributed by atoms with van der Waals surface area (Å²) >= 11 is 0. The number of aryl methyl sites for hydroxylation is 1. The monoisotopic (exact) mass is 169 g/mol. The molecule has 1 aromatic rings. The Hall–Kier alpha value is -1.19. The number of hydrogen-bond donors (Lipinski definition) is 0. The van der Waals surface area contributed by atoms with Gasteiger partial charge in [0.2, 0.25) is 0 Å². The molecule has 0 amide bonds. The van der Waals surface area contributed by atoms with Crippen molar-refractivity contribution < 1.29 is 13.7 Å². The number of carbonyl (C=O) groups is 1. The molecule has 0 fully saturated rings. The summed E-state index contributed by atoms with van der Waals surface area (Å²) in [5, 5.41) is 3.52. The molecule has 0 aromatic carbocycles. The first-order chi connectivity index (χ1) is 5.70. The molecule has 1 heterocycles. The van der Waals surface area contributed by atoms with Crippen LogP contribution in [0.15, 0.2) is 4.52 Å². The Morgan fingerprint density at radius 2 is 2.50 bits per heavy atom. The van der Waals surface area contributed by atoms with Crippen molar-refractivity contribution in [2.75, 3.05) is 0 Å². The van der Waals surface area contributed by atoms with Gasteiger partial charge in [-0.1, -0.05) is 5.16 Å². The van der Waals surface area contributed by atoms with E-state index in [0.29, 0.717) is 24.2 Å². The van der Waals surface area contributed by atoms with E-state index >= 15 is 0 Å². The van der Waals surface area contributed by atoms with Gasteiger partial charge in [-0.15, -0.1) is 0 Å². The molecule has 0 saturated heterocycles. The summed E-state index contributed by atoms with van der Waals surface area (Å²) in [5.41, 5.74) is 0.539. The van der Waals surface area contributed by atoms with Gasteiger partial charge in [-0.3, -0.25) is 4.79 Å². The lowest BCUT2D eigenvalue weighted by atomic mass is 10.1. The molecule has 3 nitrogen and oxygen atoms in total. The Labute approximate surface area is 68.5 Å². The summed E-state index contributed by atoms with van der Waals surface area (Å²) in [5.74, 6) is 0.303. The number of ketones is 1. The minimum Gasteiger partial charge on any atom is -0.360 e. The second-order valence-electron chi connectivity index (χ2n) is 2.93. The molecule has 0 aliphatic heterocycles. The number of alkyl halides is 1. The predicted octanol–water partition coefficient (Wildman–Crippen LogP) is 1.83. The maximum absolute atomic E-state index is 13.1. The van der Waals surface area contributed by atoms with E-state index in [1.54, 1.807) is 0 Å². The van der Waals surface area contributed by atoms with Gasteiger partial charge in [-0.05, 0) is 6.42 Å². The zero-order valence-electron chi connectivity index (χ0n) is 6.63. The van der Waals surface area contributed by atoms with E-state index in [0.717, 1.165) is 0 Å². The van der Waals surface area contributed by atoms with Gasteiger partial charge in [-0.25, -0.2) is 4.39 Å². The quantitative estimate of drug-likeness (QED) is 0.602. The van der Waals surface area contributed by atoms with Crippen molar-refractivity contribution in [2.45, 2.75) is 25.9 Å². The SMILES string of the molecule is CC(=O)c1noc2c1C(F)CC2. The molecular formula is C8H8FNO2. The first-order valence-electron chi connectivity index (χ1n) is 3.83. The molecule has 1 atom stereocenters. The van der Waals surface area contributed by atoms with Crippen molar-refractivity contribution in [1.82, 2.24) is 5.16 Å². The fourth-order valence-corrected chi connectivity index (χ4v) is 1.49. The summed E-state index contributed by atoms with van der Waals surface area (Å²) in [6, 6.07) is 0. The summed E-state index contributed by atoms with van der Waals surface area (Å²) in [4.78, 5) is 10.9. The lowest BCUT2D eigenvalue weighted by Gasteiger charge is -1.96. The van der Waals surface area contributed by atoms with Crippen molar-refractivity contribution in [3.8, 4) is 0 Å². The molecule has 0 bridgehead atoms. The van der Waals surface area contributed by atoms with Crippen LogP contribution in [-0.4, -0.2) is 10.9 Å². The van der Waals surface area contributed by atoms with Crippen LogP contribution in [0, 0.1) is 0 Å². The minimum absolute atomic E-state index is 0.162. The van der Waals surface area contributed by atoms with Crippen LogP contribution in [0.1, 0.15) is 41.3 Å². The molecule has 1 unspecified atom stereocenters. The molecule has 64 valence electrons. The van der Waals surface area contributed by atoms with Crippen molar-refractivity contribution in [2.24, 2.45) is 0 Å². The largest absolute Gasteiger partial charge is 0.360 e. The van der Waals surface area contributed by atoms with E-state index < -0.39 is 6.17 Å². The number of rotatable bonds is 1. The maximum atomic E-state index is 13.1. The van der Waals surface area contributed by atoms with Crippen molar-refractivity contribution in [1.29, 1.82) is 0 Å². The number of nitrogens with zero attached hydrogens (tertiary/aromatic N) is 1. The van der Waals surface area contributed by atoms with E-state index in [1.165, 1.54) is 6.92 Å². The summed E-state index contributed by atoms with van der Waals surface area (Å²) in [7, 11) is 0. The third-order valence-corrected chi connectivity index (χ3v) is 2.07. The topological polar surface area (TPSA) is 43.1 Å². The Kier molecular flexibility index (Phi) is 1.49. The van der Waals surface area contributed by atoms with E-state index in [4.69, 9.17) is 4.52 Å². The predicted molar refractivity (Wildman–Crippen MR) is 38.7 cm³/mol. The number of aromatic nitrogens is 1. The van der Waals surface area contributed by atoms with Crippen LogP contribution < -0.4 is 0 Å². The highest BCUT2D eigenvalue weighted by Gasteiger charge is 2.31. The van der Waals surface area contributed by atoms with Crippen LogP contribution in [0.3, 0.4) is 0 Å². The highest BCUT2D eigenvalue weighted by atomic mass is 19.1. The first kappa shape index (κ1) is 7.46. The molecule has 0 spiro atoms. The standard InChI is InChI=1S/C8H8FNO2/c1-4(11)8-7-5(9)2-3-6(7)12-10-8/h5H,2-3H2,1H3. The van der Waals surface area contributed by atoms with Gasteiger partial charge >= 0.3 is 0 Å². The molecule has 0 saturated carbocycles. The van der Waals surface area contributed by atoms with Gasteiger partial charge in [0.1, 0.15) is 11.9 Å². The summed E-state index contributed by atoms with van der Waals surface area (Å²) in [6.07, 6.45) is -0.0987. The second-order valence-corrected chi connectivity index (χ2v) is 2.93. The summed E-state index contributed by atoms with van der Waals surface area (Å²) in [6.45, 7) is 1.36. The Balaban J connectivity index is 2.53. The number of carbonyl (C=O) groups excluding carboxylic acids is 1. The minimum atomic E-state index is -1.06. The molecule has 1 aromatic heterocycles. The van der Waals surface area contributed by atoms with E-state index in [1.807, 2.05) is 0 Å². The normalized spacial score (nSPS) is 21.0. The van der Waals surface area contributed by atoms with E-state index in [-0.39, 0.29) is 11.5 Å². The third-order valence-electron chi connectivity index (χ3n) is 2.07. The van der Waals surface area contributed by atoms with Crippen molar-refractivity contribution >= 4 is 5.78 Å². The number of Topliss-reactive ketones (excluding diaryl/α,β-unsaturated/α-hetero) is 1. The van der Waals surface area contributed by atoms with Gasteiger partial charge in [0.25, 0.3) is 0 Å². The maximum Gasteiger partial charge on any atom is 0.182 e. The number of halogens is 1. The molecule has 4 heteroatoms. The molecule has 0 N–H and O–H groups in total. The Bertz CT molecular complexity index is 332. The highest BCUT2D eigenvalue weighted by Crippen LogP contribution is 2.36. The van der Waals surface area contributed by atoms with Crippen LogP contribution in [0.25, 0.3) is 0 Å². The van der Waals surface area contributed by atoms with Crippen LogP contribution in [-0.2, 0) is 6.42 Å². The van der Waals surface area contributed by atoms with Crippen LogP contribution in [0.5, 0.6) is 0 Å². The highest BCUT2D eigenvalue weighted by molar-refractivity contribution is 5.93. The Morgan fingerprint density at radius 1 is 1.75 bits per heavy atom. The third kappa shape index (κ3) is 0.873. The number of hydrogen-bond acceptors (Lipinski definition) is 3. The van der Waals surface area contributed by atoms with Gasteiger partial charge < -0.3 is 4.52 Å². The van der Waals surface area contributed by atoms with Crippen LogP contribution in [0.4, 0.5) is 4.39 Å². The number of fused-ring (bicyclic) bond motifs is 1.